The number of nitrogens with one attached hydrogen (secondary N) is 1. The van der Waals surface area contributed by atoms with E-state index < -0.39 is 29.1 Å². The maximum Gasteiger partial charge on any atom is 0.264 e. The van der Waals surface area contributed by atoms with Gasteiger partial charge in [0, 0.05) is 18.2 Å². The second kappa shape index (κ2) is 7.57. The van der Waals surface area contributed by atoms with Crippen molar-refractivity contribution in [2.75, 3.05) is 5.32 Å². The second-order valence-corrected chi connectivity index (χ2v) is 6.90. The minimum Gasteiger partial charge on any atom is -0.334 e. The topological polar surface area (TPSA) is 90.0 Å². The molecule has 1 saturated carbocycles. The zero-order valence-electron chi connectivity index (χ0n) is 15.6. The molecule has 0 radical (unpaired) electrons. The number of pyridine rings is 1. The molecule has 0 unspecified atom stereocenters. The number of halogens is 2. The van der Waals surface area contributed by atoms with Crippen LogP contribution >= 0.6 is 0 Å². The number of hydrogen-bond donors (Lipinski definition) is 1. The van der Waals surface area contributed by atoms with E-state index in [1.807, 2.05) is 0 Å². The van der Waals surface area contributed by atoms with Crippen LogP contribution < -0.4 is 10.9 Å². The standard InChI is InChI=1S/C20H18F2N4O3/c1-2-16(18(27)23-15-10-12(21)7-8-14(15)22)26-9-3-4-13(20(26)28)19-24-17(25-29-19)11-5-6-11/h3-4,7-11,16H,2,5-6H2,1H3,(H,23,27)/t16-/m1/s1. The second-order valence-electron chi connectivity index (χ2n) is 6.90. The first-order chi connectivity index (χ1) is 14.0. The van der Waals surface area contributed by atoms with E-state index in [2.05, 4.69) is 15.5 Å². The molecular weight excluding hydrogens is 382 g/mol. The van der Waals surface area contributed by atoms with Gasteiger partial charge in [-0.15, -0.1) is 0 Å². The van der Waals surface area contributed by atoms with E-state index in [9.17, 15) is 18.4 Å². The number of aromatic nitrogens is 3. The molecule has 1 fully saturated rings. The Morgan fingerprint density at radius 1 is 1.34 bits per heavy atom. The molecule has 150 valence electrons. The van der Waals surface area contributed by atoms with Gasteiger partial charge in [0.05, 0.1) is 5.69 Å². The summed E-state index contributed by atoms with van der Waals surface area (Å²) in [5.41, 5.74) is -0.598. The third-order valence-electron chi connectivity index (χ3n) is 4.80. The number of rotatable bonds is 6. The molecular formula is C20H18F2N4O3. The van der Waals surface area contributed by atoms with Crippen molar-refractivity contribution in [1.29, 1.82) is 0 Å². The Morgan fingerprint density at radius 3 is 2.86 bits per heavy atom. The van der Waals surface area contributed by atoms with Crippen LogP contribution in [0.4, 0.5) is 14.5 Å². The van der Waals surface area contributed by atoms with Crippen molar-refractivity contribution in [3.8, 4) is 11.5 Å². The molecule has 3 aromatic rings. The quantitative estimate of drug-likeness (QED) is 0.682. The molecule has 9 heteroatoms. The number of carbonyl (C=O) groups excluding carboxylic acids is 1. The molecule has 1 N–H and O–H groups in total. The van der Waals surface area contributed by atoms with Crippen LogP contribution in [0.3, 0.4) is 0 Å². The zero-order chi connectivity index (χ0) is 20.5. The van der Waals surface area contributed by atoms with Crippen LogP contribution in [0.5, 0.6) is 0 Å². The molecule has 7 nitrogen and oxygen atoms in total. The largest absolute Gasteiger partial charge is 0.334 e. The number of nitrogens with zero attached hydrogens (tertiary/aromatic N) is 3. The molecule has 0 saturated heterocycles. The van der Waals surface area contributed by atoms with E-state index in [1.165, 1.54) is 10.8 Å². The van der Waals surface area contributed by atoms with Crippen molar-refractivity contribution in [2.24, 2.45) is 0 Å². The highest BCUT2D eigenvalue weighted by molar-refractivity contribution is 5.93. The van der Waals surface area contributed by atoms with Crippen molar-refractivity contribution >= 4 is 11.6 Å². The Hall–Kier alpha value is -3.36. The zero-order valence-corrected chi connectivity index (χ0v) is 15.6. The van der Waals surface area contributed by atoms with Gasteiger partial charge in [-0.2, -0.15) is 4.98 Å². The fourth-order valence-electron chi connectivity index (χ4n) is 3.09. The SMILES string of the molecule is CC[C@H](C(=O)Nc1cc(F)ccc1F)n1cccc(-c2nc(C3CC3)no2)c1=O. The molecule has 0 spiro atoms. The average molecular weight is 400 g/mol. The van der Waals surface area contributed by atoms with Gasteiger partial charge in [-0.3, -0.25) is 9.59 Å². The third kappa shape index (κ3) is 3.80. The van der Waals surface area contributed by atoms with Crippen LogP contribution in [0.1, 0.15) is 44.0 Å². The molecule has 0 aliphatic heterocycles. The van der Waals surface area contributed by atoms with Gasteiger partial charge < -0.3 is 14.4 Å². The predicted octanol–water partition coefficient (Wildman–Crippen LogP) is 3.64. The number of hydrogen-bond acceptors (Lipinski definition) is 5. The number of carbonyl (C=O) groups is 1. The summed E-state index contributed by atoms with van der Waals surface area (Å²) < 4.78 is 33.7. The summed E-state index contributed by atoms with van der Waals surface area (Å²) in [4.78, 5) is 29.9. The van der Waals surface area contributed by atoms with Gasteiger partial charge in [-0.25, -0.2) is 8.78 Å². The first-order valence-electron chi connectivity index (χ1n) is 9.29. The first-order valence-corrected chi connectivity index (χ1v) is 9.29. The van der Waals surface area contributed by atoms with Gasteiger partial charge in [0.25, 0.3) is 11.4 Å². The Labute approximate surface area is 164 Å². The molecule has 1 atom stereocenters. The fourth-order valence-corrected chi connectivity index (χ4v) is 3.09. The van der Waals surface area contributed by atoms with Crippen LogP contribution in [-0.2, 0) is 4.79 Å². The summed E-state index contributed by atoms with van der Waals surface area (Å²) in [6.07, 6.45) is 3.70. The van der Waals surface area contributed by atoms with Gasteiger partial charge in [0.2, 0.25) is 5.91 Å². The normalized spacial score (nSPS) is 14.6. The summed E-state index contributed by atoms with van der Waals surface area (Å²) in [5, 5.41) is 6.26. The Bertz CT molecular complexity index is 1120. The number of amides is 1. The van der Waals surface area contributed by atoms with E-state index in [0.29, 0.717) is 5.82 Å². The van der Waals surface area contributed by atoms with E-state index in [1.54, 1.807) is 19.1 Å². The lowest BCUT2D eigenvalue weighted by molar-refractivity contribution is -0.119. The summed E-state index contributed by atoms with van der Waals surface area (Å²) in [6.45, 7) is 1.71. The molecule has 1 aromatic carbocycles. The highest BCUT2D eigenvalue weighted by Crippen LogP contribution is 2.38. The van der Waals surface area contributed by atoms with Crippen LogP contribution in [0.2, 0.25) is 0 Å². The fraction of sp³-hybridized carbons (Fsp3) is 0.300. The van der Waals surface area contributed by atoms with Crippen molar-refractivity contribution in [3.63, 3.8) is 0 Å². The molecule has 4 rings (SSSR count). The molecule has 1 aliphatic carbocycles. The summed E-state index contributed by atoms with van der Waals surface area (Å²) in [5.74, 6) is -1.15. The van der Waals surface area contributed by atoms with Crippen LogP contribution in [0, 0.1) is 11.6 Å². The van der Waals surface area contributed by atoms with Gasteiger partial charge >= 0.3 is 0 Å². The van der Waals surface area contributed by atoms with E-state index in [-0.39, 0.29) is 29.5 Å². The lowest BCUT2D eigenvalue weighted by Gasteiger charge is -2.18. The Kier molecular flexibility index (Phi) is 4.96. The minimum absolute atomic E-state index is 0.0951. The highest BCUT2D eigenvalue weighted by Gasteiger charge is 2.30. The van der Waals surface area contributed by atoms with Crippen molar-refractivity contribution < 1.29 is 18.1 Å². The van der Waals surface area contributed by atoms with Crippen LogP contribution in [0.25, 0.3) is 11.5 Å². The van der Waals surface area contributed by atoms with Gasteiger partial charge in [-0.1, -0.05) is 12.1 Å². The maximum absolute atomic E-state index is 13.9. The van der Waals surface area contributed by atoms with Gasteiger partial charge in [0.1, 0.15) is 23.2 Å². The van der Waals surface area contributed by atoms with Crippen molar-refractivity contribution in [1.82, 2.24) is 14.7 Å². The first kappa shape index (κ1) is 19.0. The van der Waals surface area contributed by atoms with E-state index in [0.717, 1.165) is 31.0 Å². The molecule has 0 bridgehead atoms. The Balaban J connectivity index is 1.63. The third-order valence-corrected chi connectivity index (χ3v) is 4.80. The molecule has 1 aliphatic rings. The average Bonchev–Trinajstić information content (AvgIpc) is 3.44. The Morgan fingerprint density at radius 2 is 2.14 bits per heavy atom. The summed E-state index contributed by atoms with van der Waals surface area (Å²) in [7, 11) is 0. The minimum atomic E-state index is -0.934. The number of anilines is 1. The monoisotopic (exact) mass is 400 g/mol. The predicted molar refractivity (Wildman–Crippen MR) is 100 cm³/mol. The highest BCUT2D eigenvalue weighted by atomic mass is 19.1. The van der Waals surface area contributed by atoms with Crippen molar-refractivity contribution in [2.45, 2.75) is 38.1 Å². The molecule has 29 heavy (non-hydrogen) atoms. The lowest BCUT2D eigenvalue weighted by atomic mass is 10.1. The molecule has 2 heterocycles. The van der Waals surface area contributed by atoms with Crippen molar-refractivity contribution in [3.05, 3.63) is 64.3 Å². The van der Waals surface area contributed by atoms with Crippen LogP contribution in [0.15, 0.2) is 45.8 Å². The number of benzene rings is 1. The van der Waals surface area contributed by atoms with Crippen LogP contribution in [-0.4, -0.2) is 20.6 Å². The summed E-state index contributed by atoms with van der Waals surface area (Å²) >= 11 is 0. The van der Waals surface area contributed by atoms with Gasteiger partial charge in [0.15, 0.2) is 5.82 Å². The smallest absolute Gasteiger partial charge is 0.264 e. The van der Waals surface area contributed by atoms with E-state index >= 15 is 0 Å². The molecule has 2 aromatic heterocycles. The lowest BCUT2D eigenvalue weighted by Crippen LogP contribution is -2.33. The van der Waals surface area contributed by atoms with Gasteiger partial charge in [-0.05, 0) is 43.5 Å². The van der Waals surface area contributed by atoms with E-state index in [4.69, 9.17) is 4.52 Å². The summed E-state index contributed by atoms with van der Waals surface area (Å²) in [6, 6.07) is 4.96. The maximum atomic E-state index is 13.9. The molecule has 1 amide bonds.